The van der Waals surface area contributed by atoms with E-state index in [1.807, 2.05) is 0 Å². The van der Waals surface area contributed by atoms with Crippen LogP contribution in [-0.2, 0) is 0 Å². The largest absolute Gasteiger partial charge is 0.228 e. The van der Waals surface area contributed by atoms with Crippen LogP contribution in [-0.4, -0.2) is 9.97 Å². The number of hydrogen-bond donors (Lipinski definition) is 0. The van der Waals surface area contributed by atoms with Crippen LogP contribution in [0.15, 0.2) is 194 Å². The second kappa shape index (κ2) is 12.2. The van der Waals surface area contributed by atoms with E-state index < -0.39 is 0 Å². The second-order valence-corrected chi connectivity index (χ2v) is 14.1. The zero-order valence-electron chi connectivity index (χ0n) is 29.4. The molecule has 0 fully saturated rings. The van der Waals surface area contributed by atoms with Crippen molar-refractivity contribution < 1.29 is 0 Å². The highest BCUT2D eigenvalue weighted by molar-refractivity contribution is 6.26. The van der Waals surface area contributed by atoms with Crippen LogP contribution in [0, 0.1) is 0 Å². The lowest BCUT2D eigenvalue weighted by molar-refractivity contribution is 1.19. The monoisotopic (exact) mass is 684 g/mol. The van der Waals surface area contributed by atoms with Gasteiger partial charge in [-0.05, 0) is 94.0 Å². The summed E-state index contributed by atoms with van der Waals surface area (Å²) in [4.78, 5) is 10.8. The molecule has 1 heterocycles. The standard InChI is InChI=1S/C52H32N2/c1-2-12-33(13-3-1)34-22-24-36(25-23-34)52-53-49(38-27-28-45-43-20-9-8-18-41(43)42-19-10-11-21-44(42)48(45)31-38)32-50(54-52)51-40-17-7-5-15-37(40)30-47-39-16-6-4-14-35(39)26-29-46(47)51/h1-32H. The summed E-state index contributed by atoms with van der Waals surface area (Å²) in [6.45, 7) is 0. The van der Waals surface area contributed by atoms with Crippen molar-refractivity contribution in [2.45, 2.75) is 0 Å². The van der Waals surface area contributed by atoms with Crippen LogP contribution in [0.5, 0.6) is 0 Å². The fourth-order valence-electron chi connectivity index (χ4n) is 8.46. The van der Waals surface area contributed by atoms with Gasteiger partial charge in [0, 0.05) is 16.7 Å². The molecule has 2 heteroatoms. The van der Waals surface area contributed by atoms with Crippen LogP contribution in [0.1, 0.15) is 0 Å². The summed E-state index contributed by atoms with van der Waals surface area (Å²) in [6.07, 6.45) is 0. The Bertz CT molecular complexity index is 3220. The molecule has 0 atom stereocenters. The van der Waals surface area contributed by atoms with Gasteiger partial charge in [-0.3, -0.25) is 0 Å². The number of benzene rings is 10. The van der Waals surface area contributed by atoms with Crippen molar-refractivity contribution in [1.82, 2.24) is 9.97 Å². The van der Waals surface area contributed by atoms with Gasteiger partial charge in [0.25, 0.3) is 0 Å². The van der Waals surface area contributed by atoms with Crippen LogP contribution in [0.2, 0.25) is 0 Å². The molecule has 2 nitrogen and oxygen atoms in total. The first-order chi connectivity index (χ1) is 26.8. The van der Waals surface area contributed by atoms with Gasteiger partial charge in [0.2, 0.25) is 0 Å². The molecule has 0 radical (unpaired) electrons. The van der Waals surface area contributed by atoms with Gasteiger partial charge in [0.1, 0.15) is 0 Å². The lowest BCUT2D eigenvalue weighted by Gasteiger charge is -2.16. The number of hydrogen-bond acceptors (Lipinski definition) is 2. The molecule has 0 aliphatic carbocycles. The van der Waals surface area contributed by atoms with E-state index in [1.165, 1.54) is 70.2 Å². The van der Waals surface area contributed by atoms with E-state index in [0.717, 1.165) is 33.6 Å². The molecule has 0 aliphatic rings. The van der Waals surface area contributed by atoms with E-state index in [0.29, 0.717) is 5.82 Å². The highest BCUT2D eigenvalue weighted by Gasteiger charge is 2.18. The SMILES string of the molecule is c1ccc(-c2ccc(-c3nc(-c4ccc5c6ccccc6c6ccccc6c5c4)cc(-c4c5ccccc5cc5c4ccc4ccccc45)n3)cc2)cc1. The van der Waals surface area contributed by atoms with Gasteiger partial charge in [-0.15, -0.1) is 0 Å². The molecule has 10 aromatic carbocycles. The Morgan fingerprint density at radius 1 is 0.241 bits per heavy atom. The van der Waals surface area contributed by atoms with Gasteiger partial charge in [-0.1, -0.05) is 176 Å². The van der Waals surface area contributed by atoms with E-state index in [4.69, 9.17) is 9.97 Å². The third-order valence-electron chi connectivity index (χ3n) is 11.0. The molecule has 0 amide bonds. The minimum absolute atomic E-state index is 0.701. The van der Waals surface area contributed by atoms with E-state index in [-0.39, 0.29) is 0 Å². The Labute approximate surface area is 312 Å². The Morgan fingerprint density at radius 3 is 1.44 bits per heavy atom. The lowest BCUT2D eigenvalue weighted by Crippen LogP contribution is -1.97. The highest BCUT2D eigenvalue weighted by atomic mass is 14.9. The Kier molecular flexibility index (Phi) is 6.90. The number of fused-ring (bicyclic) bond motifs is 10. The normalized spacial score (nSPS) is 11.7. The van der Waals surface area contributed by atoms with Gasteiger partial charge in [-0.25, -0.2) is 9.97 Å². The predicted octanol–water partition coefficient (Wildman–Crippen LogP) is 14.1. The van der Waals surface area contributed by atoms with Crippen LogP contribution >= 0.6 is 0 Å². The van der Waals surface area contributed by atoms with Crippen molar-refractivity contribution in [3.8, 4) is 45.0 Å². The second-order valence-electron chi connectivity index (χ2n) is 14.1. The molecule has 0 bridgehead atoms. The summed E-state index contributed by atoms with van der Waals surface area (Å²) in [6, 6.07) is 69.8. The van der Waals surface area contributed by atoms with Crippen LogP contribution < -0.4 is 0 Å². The summed E-state index contributed by atoms with van der Waals surface area (Å²) in [5, 5.41) is 14.7. The zero-order valence-corrected chi connectivity index (χ0v) is 29.4. The maximum absolute atomic E-state index is 5.42. The molecule has 0 aliphatic heterocycles. The summed E-state index contributed by atoms with van der Waals surface area (Å²) in [7, 11) is 0. The Balaban J connectivity index is 1.19. The third-order valence-corrected chi connectivity index (χ3v) is 11.0. The fourth-order valence-corrected chi connectivity index (χ4v) is 8.46. The molecule has 1 aromatic heterocycles. The first kappa shape index (κ1) is 30.5. The predicted molar refractivity (Wildman–Crippen MR) is 229 cm³/mol. The molecule has 0 N–H and O–H groups in total. The highest BCUT2D eigenvalue weighted by Crippen LogP contribution is 2.42. The van der Waals surface area contributed by atoms with Crippen molar-refractivity contribution in [2.24, 2.45) is 0 Å². The molecule has 54 heavy (non-hydrogen) atoms. The maximum Gasteiger partial charge on any atom is 0.160 e. The van der Waals surface area contributed by atoms with Gasteiger partial charge in [0.05, 0.1) is 11.4 Å². The molecule has 250 valence electrons. The average molecular weight is 685 g/mol. The van der Waals surface area contributed by atoms with Crippen LogP contribution in [0.4, 0.5) is 0 Å². The van der Waals surface area contributed by atoms with Crippen LogP contribution in [0.3, 0.4) is 0 Å². The minimum atomic E-state index is 0.701. The summed E-state index contributed by atoms with van der Waals surface area (Å²) in [5.41, 5.74) is 7.30. The van der Waals surface area contributed by atoms with Crippen LogP contribution in [0.25, 0.3) is 110 Å². The van der Waals surface area contributed by atoms with Gasteiger partial charge < -0.3 is 0 Å². The molecule has 0 unspecified atom stereocenters. The summed E-state index contributed by atoms with van der Waals surface area (Å²) in [5.74, 6) is 0.701. The fraction of sp³-hybridized carbons (Fsp3) is 0. The number of nitrogens with zero attached hydrogens (tertiary/aromatic N) is 2. The molecule has 0 saturated carbocycles. The first-order valence-electron chi connectivity index (χ1n) is 18.5. The van der Waals surface area contributed by atoms with Crippen molar-refractivity contribution in [3.63, 3.8) is 0 Å². The zero-order chi connectivity index (χ0) is 35.6. The Hall–Kier alpha value is -7.16. The number of rotatable bonds is 4. The molecule has 11 aromatic rings. The van der Waals surface area contributed by atoms with E-state index >= 15 is 0 Å². The van der Waals surface area contributed by atoms with Crippen molar-refractivity contribution >= 4 is 64.6 Å². The molecular weight excluding hydrogens is 653 g/mol. The van der Waals surface area contributed by atoms with Crippen molar-refractivity contribution in [1.29, 1.82) is 0 Å². The first-order valence-corrected chi connectivity index (χ1v) is 18.5. The average Bonchev–Trinajstić information content (AvgIpc) is 3.25. The summed E-state index contributed by atoms with van der Waals surface area (Å²) >= 11 is 0. The number of aromatic nitrogens is 2. The molecular formula is C52H32N2. The maximum atomic E-state index is 5.42. The minimum Gasteiger partial charge on any atom is -0.228 e. The topological polar surface area (TPSA) is 25.8 Å². The van der Waals surface area contributed by atoms with Gasteiger partial charge in [0.15, 0.2) is 5.82 Å². The Morgan fingerprint density at radius 2 is 0.722 bits per heavy atom. The van der Waals surface area contributed by atoms with Gasteiger partial charge >= 0.3 is 0 Å². The smallest absolute Gasteiger partial charge is 0.160 e. The molecule has 0 saturated heterocycles. The van der Waals surface area contributed by atoms with E-state index in [1.54, 1.807) is 0 Å². The van der Waals surface area contributed by atoms with Crippen molar-refractivity contribution in [2.75, 3.05) is 0 Å². The van der Waals surface area contributed by atoms with E-state index in [9.17, 15) is 0 Å². The lowest BCUT2D eigenvalue weighted by atomic mass is 9.91. The van der Waals surface area contributed by atoms with E-state index in [2.05, 4.69) is 194 Å². The molecule has 0 spiro atoms. The quantitative estimate of drug-likeness (QED) is 0.136. The summed E-state index contributed by atoms with van der Waals surface area (Å²) < 4.78 is 0. The van der Waals surface area contributed by atoms with Crippen molar-refractivity contribution in [3.05, 3.63) is 194 Å². The van der Waals surface area contributed by atoms with Gasteiger partial charge in [-0.2, -0.15) is 0 Å². The molecule has 11 rings (SSSR count). The third kappa shape index (κ3) is 4.88.